The van der Waals surface area contributed by atoms with E-state index in [4.69, 9.17) is 20.6 Å². The summed E-state index contributed by atoms with van der Waals surface area (Å²) in [4.78, 5) is 12.8. The van der Waals surface area contributed by atoms with Gasteiger partial charge < -0.3 is 15.3 Å². The highest BCUT2D eigenvalue weighted by Crippen LogP contribution is 2.22. The van der Waals surface area contributed by atoms with Crippen molar-refractivity contribution >= 4 is 5.97 Å². The lowest BCUT2D eigenvalue weighted by molar-refractivity contribution is -0.276. The lowest BCUT2D eigenvalue weighted by Gasteiger charge is -2.15. The highest BCUT2D eigenvalue weighted by atomic mass is 19.3. The Morgan fingerprint density at radius 3 is 1.52 bits per heavy atom. The van der Waals surface area contributed by atoms with E-state index in [1.165, 1.54) is 0 Å². The molecular weight excluding hydrogens is 404 g/mol. The number of hydrogen-bond donors (Lipinski definition) is 4. The first-order valence-corrected chi connectivity index (χ1v) is 5.71. The Morgan fingerprint density at radius 1 is 1.11 bits per heavy atom. The molecule has 0 aromatic carbocycles. The van der Waals surface area contributed by atoms with Crippen LogP contribution in [0.2, 0.25) is 0 Å². The second-order valence-electron chi connectivity index (χ2n) is 3.42. The zero-order valence-electron chi connectivity index (χ0n) is 13.5. The number of carboxylic acids is 1. The molecule has 0 spiro atoms. The monoisotopic (exact) mass is 430 g/mol. The first-order valence-electron chi connectivity index (χ1n) is 5.71. The van der Waals surface area contributed by atoms with Crippen molar-refractivity contribution in [3.63, 3.8) is 0 Å². The largest absolute Gasteiger partial charge is 0.478 e. The molecule has 0 aliphatic rings. The van der Waals surface area contributed by atoms with Crippen LogP contribution in [0.25, 0.3) is 0 Å². The van der Waals surface area contributed by atoms with Gasteiger partial charge in [-0.15, -0.1) is 6.58 Å². The lowest BCUT2D eigenvalue weighted by Crippen LogP contribution is -2.26. The number of rotatable bonds is 7. The van der Waals surface area contributed by atoms with Gasteiger partial charge >= 0.3 is 12.1 Å². The molecule has 0 aliphatic heterocycles. The molecule has 0 bridgehead atoms. The molecule has 1 atom stereocenters. The number of aliphatic hydroxyl groups excluding tert-OH is 1. The average molecular weight is 430 g/mol. The minimum atomic E-state index is -4.12. The third kappa shape index (κ3) is 51.6. The minimum Gasteiger partial charge on any atom is -0.478 e. The number of aliphatic carboxylic acids is 1. The van der Waals surface area contributed by atoms with Crippen LogP contribution >= 0.6 is 0 Å². The summed E-state index contributed by atoms with van der Waals surface area (Å²) in [6.07, 6.45) is -4.44. The fraction of sp³-hybridized carbons (Fsp3) is 0.615. The van der Waals surface area contributed by atoms with Gasteiger partial charge in [0.1, 0.15) is 6.10 Å². The Kier molecular flexibility index (Phi) is 43.7. The van der Waals surface area contributed by atoms with E-state index in [0.717, 1.165) is 19.3 Å². The topological polar surface area (TPSA) is 107 Å². The maximum atomic E-state index is 12.2. The predicted molar refractivity (Wildman–Crippen MR) is 84.1 cm³/mol. The Bertz CT molecular complexity index is 326. The molecule has 170 valence electrons. The summed E-state index contributed by atoms with van der Waals surface area (Å²) in [7, 11) is 1.00. The minimum absolute atomic E-state index is 0. The van der Waals surface area contributed by atoms with Crippen LogP contribution in [0.15, 0.2) is 25.3 Å². The summed E-state index contributed by atoms with van der Waals surface area (Å²) in [5.74, 6) is -4.44. The maximum Gasteiger partial charge on any atom is 0.381 e. The van der Waals surface area contributed by atoms with Crippen LogP contribution in [0.4, 0.5) is 35.8 Å². The van der Waals surface area contributed by atoms with Crippen molar-refractivity contribution in [2.24, 2.45) is 0 Å². The van der Waals surface area contributed by atoms with Crippen LogP contribution in [0.3, 0.4) is 0 Å². The fourth-order valence-corrected chi connectivity index (χ4v) is 0.513. The third-order valence-electron chi connectivity index (χ3n) is 1.43. The van der Waals surface area contributed by atoms with Gasteiger partial charge in [0.05, 0.1) is 0 Å². The van der Waals surface area contributed by atoms with Crippen LogP contribution in [0, 0.1) is 0 Å². The average Bonchev–Trinajstić information content (AvgIpc) is 2.55. The van der Waals surface area contributed by atoms with Crippen LogP contribution in [-0.4, -0.2) is 65.1 Å². The van der Waals surface area contributed by atoms with Gasteiger partial charge in [0.2, 0.25) is 0 Å². The van der Waals surface area contributed by atoms with Crippen LogP contribution in [0.1, 0.15) is 13.8 Å². The molecule has 14 heteroatoms. The van der Waals surface area contributed by atoms with E-state index < -0.39 is 43.9 Å². The summed E-state index contributed by atoms with van der Waals surface area (Å²) in [6.45, 7) is 2.30. The standard InChI is InChI=1S/C6H9F3O2.C3H4O2.C2H3F3O.CH4O.CH4.2FH/c1-2-5(11-10)3-6(8,9)4-7;1-2-3(4)5;3-1-2(4,5)6;1-2;;;/h2,5,10H,1,3-4H2;2H,1H2,(H,4,5);6H,1H2;2H,1H3;1H4;2*1H. The lowest BCUT2D eigenvalue weighted by atomic mass is 10.1. The summed E-state index contributed by atoms with van der Waals surface area (Å²) in [5, 5.41) is 29.7. The van der Waals surface area contributed by atoms with Crippen molar-refractivity contribution in [3.8, 4) is 0 Å². The Morgan fingerprint density at radius 2 is 1.41 bits per heavy atom. The second kappa shape index (κ2) is 26.5. The molecule has 0 saturated carbocycles. The molecular formula is C13H26F8O6. The maximum absolute atomic E-state index is 12.2. The van der Waals surface area contributed by atoms with Gasteiger partial charge in [-0.1, -0.05) is 20.1 Å². The zero-order chi connectivity index (χ0) is 20.4. The van der Waals surface area contributed by atoms with Crippen molar-refractivity contribution in [3.05, 3.63) is 25.3 Å². The number of carboxylic acid groups (broad SMARTS) is 1. The molecule has 4 N–H and O–H groups in total. The van der Waals surface area contributed by atoms with E-state index in [1.807, 2.05) is 0 Å². The molecule has 27 heavy (non-hydrogen) atoms. The van der Waals surface area contributed by atoms with Crippen molar-refractivity contribution in [2.45, 2.75) is 32.0 Å². The van der Waals surface area contributed by atoms with Gasteiger partial charge in [0.25, 0.3) is 5.92 Å². The van der Waals surface area contributed by atoms with Gasteiger partial charge in [-0.3, -0.25) is 14.7 Å². The molecule has 0 heterocycles. The predicted octanol–water partition coefficient (Wildman–Crippen LogP) is 3.37. The third-order valence-corrected chi connectivity index (χ3v) is 1.43. The Hall–Kier alpha value is -1.77. The Labute approximate surface area is 151 Å². The van der Waals surface area contributed by atoms with E-state index in [-0.39, 0.29) is 16.8 Å². The van der Waals surface area contributed by atoms with E-state index in [9.17, 15) is 31.1 Å². The van der Waals surface area contributed by atoms with Crippen LogP contribution in [-0.2, 0) is 9.68 Å². The number of carbonyl (C=O) groups is 1. The fourth-order valence-electron chi connectivity index (χ4n) is 0.513. The van der Waals surface area contributed by atoms with Crippen LogP contribution < -0.4 is 0 Å². The highest BCUT2D eigenvalue weighted by Gasteiger charge is 2.32. The molecule has 0 aromatic heterocycles. The first-order chi connectivity index (χ1) is 10.9. The summed E-state index contributed by atoms with van der Waals surface area (Å²) < 4.78 is 67.6. The van der Waals surface area contributed by atoms with Crippen molar-refractivity contribution in [1.29, 1.82) is 0 Å². The summed E-state index contributed by atoms with van der Waals surface area (Å²) >= 11 is 0. The molecule has 1 unspecified atom stereocenters. The van der Waals surface area contributed by atoms with E-state index in [1.54, 1.807) is 0 Å². The molecule has 0 aromatic rings. The van der Waals surface area contributed by atoms with Crippen LogP contribution in [0.5, 0.6) is 0 Å². The van der Waals surface area contributed by atoms with Gasteiger partial charge in [0, 0.05) is 19.6 Å². The van der Waals surface area contributed by atoms with Crippen molar-refractivity contribution in [2.75, 3.05) is 20.5 Å². The van der Waals surface area contributed by atoms with E-state index in [2.05, 4.69) is 18.0 Å². The molecule has 0 radical (unpaired) electrons. The number of halogens is 8. The summed E-state index contributed by atoms with van der Waals surface area (Å²) in [6, 6.07) is 0. The normalized spacial score (nSPS) is 10.0. The van der Waals surface area contributed by atoms with E-state index in [0.29, 0.717) is 0 Å². The molecule has 0 fully saturated rings. The number of hydrogen-bond acceptors (Lipinski definition) is 5. The van der Waals surface area contributed by atoms with Gasteiger partial charge in [-0.05, 0) is 0 Å². The van der Waals surface area contributed by atoms with Crippen molar-refractivity contribution < 1.29 is 66.0 Å². The van der Waals surface area contributed by atoms with Crippen molar-refractivity contribution in [1.82, 2.24) is 0 Å². The van der Waals surface area contributed by atoms with Gasteiger partial charge in [0.15, 0.2) is 13.3 Å². The van der Waals surface area contributed by atoms with E-state index >= 15 is 0 Å². The Balaban J connectivity index is -0.0000000434. The number of aliphatic hydroxyl groups is 2. The van der Waals surface area contributed by atoms with Gasteiger partial charge in [-0.2, -0.15) is 8.78 Å². The highest BCUT2D eigenvalue weighted by molar-refractivity contribution is 5.78. The second-order valence-corrected chi connectivity index (χ2v) is 3.42. The van der Waals surface area contributed by atoms with Gasteiger partial charge in [-0.25, -0.2) is 27.2 Å². The first kappa shape index (κ1) is 44.6. The quantitative estimate of drug-likeness (QED) is 0.162. The molecule has 0 amide bonds. The SMILES string of the molecule is C.C=CC(=O)O.C=CC(CC(F)(F)CF)OO.CO.F.F.OC(F)(F)CF. The summed E-state index contributed by atoms with van der Waals surface area (Å²) in [5.41, 5.74) is 0. The zero-order valence-corrected chi connectivity index (χ0v) is 13.5. The molecule has 0 aliphatic carbocycles. The smallest absolute Gasteiger partial charge is 0.381 e. The molecule has 0 rings (SSSR count). The molecule has 0 saturated heterocycles. The number of alkyl halides is 6. The molecule has 6 nitrogen and oxygen atoms in total.